The number of carbonyl (C=O) groups excluding carboxylic acids is 2. The number of carbonyl (C=O) groups is 2. The molecule has 272 valence electrons. The van der Waals surface area contributed by atoms with Crippen LogP contribution >= 0.6 is 23.2 Å². The number of alkyl halides is 3. The van der Waals surface area contributed by atoms with Gasteiger partial charge in [-0.25, -0.2) is 4.79 Å². The van der Waals surface area contributed by atoms with Gasteiger partial charge in [-0.15, -0.1) is 0 Å². The molecular weight excluding hydrogens is 706 g/mol. The summed E-state index contributed by atoms with van der Waals surface area (Å²) in [5, 5.41) is 14.3. The summed E-state index contributed by atoms with van der Waals surface area (Å²) < 4.78 is 47.2. The topological polar surface area (TPSA) is 97.7 Å². The van der Waals surface area contributed by atoms with E-state index < -0.39 is 29.9 Å². The van der Waals surface area contributed by atoms with Crippen molar-refractivity contribution in [1.29, 1.82) is 0 Å². The molecule has 14 heteroatoms. The quantitative estimate of drug-likeness (QED) is 0.256. The Labute approximate surface area is 305 Å². The number of amidine groups is 1. The first-order chi connectivity index (χ1) is 24.4. The van der Waals surface area contributed by atoms with E-state index in [1.807, 2.05) is 24.3 Å². The van der Waals surface area contributed by atoms with Crippen molar-refractivity contribution in [2.75, 3.05) is 39.3 Å². The van der Waals surface area contributed by atoms with E-state index in [2.05, 4.69) is 5.32 Å². The van der Waals surface area contributed by atoms with Crippen LogP contribution in [0.25, 0.3) is 0 Å². The first-order valence-corrected chi connectivity index (χ1v) is 17.9. The van der Waals surface area contributed by atoms with Gasteiger partial charge in [-0.2, -0.15) is 13.2 Å². The van der Waals surface area contributed by atoms with Crippen LogP contribution in [0, 0.1) is 0 Å². The predicted octanol–water partition coefficient (Wildman–Crippen LogP) is 7.11. The molecule has 51 heavy (non-hydrogen) atoms. The lowest BCUT2D eigenvalue weighted by molar-refractivity contribution is -0.137. The van der Waals surface area contributed by atoms with E-state index in [0.29, 0.717) is 55.5 Å². The molecule has 0 aromatic heterocycles. The summed E-state index contributed by atoms with van der Waals surface area (Å²) in [6, 6.07) is 15.7. The zero-order valence-electron chi connectivity index (χ0n) is 28.1. The second-order valence-electron chi connectivity index (χ2n) is 13.0. The number of aliphatic imine (C=N–C) groups is 1. The number of likely N-dealkylation sites (tertiary alicyclic amines) is 2. The largest absolute Gasteiger partial charge is 0.493 e. The van der Waals surface area contributed by atoms with Crippen LogP contribution in [-0.4, -0.2) is 89.1 Å². The Bertz CT molecular complexity index is 1730. The normalized spacial score (nSPS) is 21.5. The molecular formula is C37H40Cl2F3N5O4. The minimum atomic E-state index is -4.60. The van der Waals surface area contributed by atoms with E-state index in [-0.39, 0.29) is 48.3 Å². The maximum absolute atomic E-state index is 14.8. The zero-order valence-corrected chi connectivity index (χ0v) is 29.6. The van der Waals surface area contributed by atoms with Crippen LogP contribution in [0.4, 0.5) is 18.0 Å². The third-order valence-corrected chi connectivity index (χ3v) is 10.1. The average molecular weight is 747 g/mol. The van der Waals surface area contributed by atoms with Crippen LogP contribution in [-0.2, 0) is 11.0 Å². The molecule has 3 heterocycles. The van der Waals surface area contributed by atoms with Gasteiger partial charge in [-0.05, 0) is 86.2 Å². The molecule has 9 nitrogen and oxygen atoms in total. The van der Waals surface area contributed by atoms with E-state index in [4.69, 9.17) is 32.9 Å². The summed E-state index contributed by atoms with van der Waals surface area (Å²) in [5.41, 5.74) is 0.866. The summed E-state index contributed by atoms with van der Waals surface area (Å²) in [4.78, 5) is 37.6. The molecule has 2 N–H and O–H groups in total. The molecule has 3 amide bonds. The number of urea groups is 1. The molecule has 2 saturated heterocycles. The predicted molar refractivity (Wildman–Crippen MR) is 189 cm³/mol. The van der Waals surface area contributed by atoms with Gasteiger partial charge in [0.25, 0.3) is 0 Å². The maximum atomic E-state index is 14.8. The second kappa shape index (κ2) is 15.8. The molecule has 3 aliphatic heterocycles. The zero-order chi connectivity index (χ0) is 36.3. The number of benzene rings is 3. The van der Waals surface area contributed by atoms with Crippen LogP contribution in [0.5, 0.6) is 5.75 Å². The Kier molecular flexibility index (Phi) is 11.5. The lowest BCUT2D eigenvalue weighted by Gasteiger charge is -2.38. The lowest BCUT2D eigenvalue weighted by atomic mass is 9.93. The van der Waals surface area contributed by atoms with E-state index in [0.717, 1.165) is 29.7 Å². The Morgan fingerprint density at radius 3 is 2.18 bits per heavy atom. The molecule has 3 unspecified atom stereocenters. The van der Waals surface area contributed by atoms with Gasteiger partial charge < -0.3 is 25.0 Å². The summed E-state index contributed by atoms with van der Waals surface area (Å²) in [7, 11) is 0. The van der Waals surface area contributed by atoms with E-state index in [1.54, 1.807) is 45.9 Å². The Hall–Kier alpha value is -3.84. The number of rotatable bonds is 8. The average Bonchev–Trinajstić information content (AvgIpc) is 3.51. The second-order valence-corrected chi connectivity index (χ2v) is 13.9. The monoisotopic (exact) mass is 745 g/mol. The van der Waals surface area contributed by atoms with Crippen molar-refractivity contribution in [2.45, 2.75) is 63.0 Å². The first kappa shape index (κ1) is 36.9. The highest BCUT2D eigenvalue weighted by Gasteiger charge is 2.45. The Morgan fingerprint density at radius 2 is 1.57 bits per heavy atom. The highest BCUT2D eigenvalue weighted by molar-refractivity contribution is 6.30. The van der Waals surface area contributed by atoms with Gasteiger partial charge in [0, 0.05) is 42.3 Å². The number of β-amino-alcohol motifs (C(OH)–C–C–N with tert-alkyl or cyclic N) is 1. The van der Waals surface area contributed by atoms with Crippen molar-refractivity contribution in [2.24, 2.45) is 4.99 Å². The van der Waals surface area contributed by atoms with Crippen molar-refractivity contribution in [3.8, 4) is 5.75 Å². The minimum Gasteiger partial charge on any atom is -0.493 e. The van der Waals surface area contributed by atoms with E-state index >= 15 is 0 Å². The van der Waals surface area contributed by atoms with Crippen molar-refractivity contribution in [3.05, 3.63) is 99.0 Å². The Balaban J connectivity index is 1.31. The number of halogens is 5. The van der Waals surface area contributed by atoms with Crippen LogP contribution < -0.4 is 10.1 Å². The fourth-order valence-corrected chi connectivity index (χ4v) is 7.22. The molecule has 0 aliphatic carbocycles. The van der Waals surface area contributed by atoms with Gasteiger partial charge >= 0.3 is 12.2 Å². The van der Waals surface area contributed by atoms with Crippen LogP contribution in [0.2, 0.25) is 10.0 Å². The molecule has 0 spiro atoms. The number of piperidine rings is 2. The molecule has 6 rings (SSSR count). The molecule has 3 aromatic rings. The van der Waals surface area contributed by atoms with Gasteiger partial charge in [0.05, 0.1) is 36.4 Å². The third-order valence-electron chi connectivity index (χ3n) is 9.60. The standard InChI is InChI=1S/C37H40Cl2F3N5O4/c1-2-51-31-20-25(37(40,41)42)9-14-30(31)35-44-33(23-5-10-26(38)11-6-23)34(24-7-12-27(39)13-8-24)47(35)36(50)45-18-15-28(16-19-45)43-21-32(49)46-17-3-4-29(48)22-46/h5-14,20,28-29,33-34,43,48H,2-4,15-19,21-22H2,1H3. The minimum absolute atomic E-state index is 0.00669. The number of aliphatic hydroxyl groups is 1. The fourth-order valence-electron chi connectivity index (χ4n) is 6.96. The summed E-state index contributed by atoms with van der Waals surface area (Å²) in [6.45, 7) is 3.63. The van der Waals surface area contributed by atoms with Gasteiger partial charge in [-0.3, -0.25) is 14.7 Å². The number of nitrogens with zero attached hydrogens (tertiary/aromatic N) is 4. The third kappa shape index (κ3) is 8.46. The number of hydrogen-bond acceptors (Lipinski definition) is 6. The smallest absolute Gasteiger partial charge is 0.416 e. The number of aliphatic hydroxyl groups excluding tert-OH is 1. The SMILES string of the molecule is CCOc1cc(C(F)(F)F)ccc1C1=NC(c2ccc(Cl)cc2)C(c2ccc(Cl)cc2)N1C(=O)N1CCC(NCC(=O)N2CCCC(O)C2)CC1. The van der Waals surface area contributed by atoms with Crippen molar-refractivity contribution >= 4 is 41.0 Å². The van der Waals surface area contributed by atoms with Gasteiger partial charge in [0.1, 0.15) is 17.6 Å². The lowest BCUT2D eigenvalue weighted by Crippen LogP contribution is -2.53. The fraction of sp³-hybridized carbons (Fsp3) is 0.432. The number of ether oxygens (including phenoxy) is 1. The van der Waals surface area contributed by atoms with E-state index in [1.165, 1.54) is 6.07 Å². The van der Waals surface area contributed by atoms with E-state index in [9.17, 15) is 27.9 Å². The van der Waals surface area contributed by atoms with Gasteiger partial charge in [0.2, 0.25) is 5.91 Å². The number of hydrogen-bond donors (Lipinski definition) is 2. The molecule has 3 aromatic carbocycles. The van der Waals surface area contributed by atoms with Gasteiger partial charge in [-0.1, -0.05) is 47.5 Å². The summed E-state index contributed by atoms with van der Waals surface area (Å²) in [6.07, 6.45) is -2.48. The maximum Gasteiger partial charge on any atom is 0.416 e. The molecule has 0 radical (unpaired) electrons. The van der Waals surface area contributed by atoms with Gasteiger partial charge in [0.15, 0.2) is 0 Å². The van der Waals surface area contributed by atoms with Crippen LogP contribution in [0.15, 0.2) is 71.7 Å². The molecule has 2 fully saturated rings. The summed E-state index contributed by atoms with van der Waals surface area (Å²) >= 11 is 12.5. The van der Waals surface area contributed by atoms with Crippen molar-refractivity contribution in [3.63, 3.8) is 0 Å². The molecule has 0 saturated carbocycles. The Morgan fingerprint density at radius 1 is 0.922 bits per heavy atom. The van der Waals surface area contributed by atoms with Crippen molar-refractivity contribution < 1.29 is 32.6 Å². The molecule has 3 aliphatic rings. The molecule has 3 atom stereocenters. The highest BCUT2D eigenvalue weighted by Crippen LogP contribution is 2.46. The number of amides is 3. The summed E-state index contributed by atoms with van der Waals surface area (Å²) in [5.74, 6) is 0.0850. The molecule has 0 bridgehead atoms. The number of nitrogens with one attached hydrogen (secondary N) is 1. The van der Waals surface area contributed by atoms with Crippen LogP contribution in [0.1, 0.15) is 66.9 Å². The highest BCUT2D eigenvalue weighted by atomic mass is 35.5. The first-order valence-electron chi connectivity index (χ1n) is 17.1. The van der Waals surface area contributed by atoms with Crippen molar-refractivity contribution in [1.82, 2.24) is 20.0 Å². The van der Waals surface area contributed by atoms with Crippen LogP contribution in [0.3, 0.4) is 0 Å².